The molecule has 0 spiro atoms. The van der Waals surface area contributed by atoms with Crippen LogP contribution in [0.4, 0.5) is 0 Å². The fourth-order valence-corrected chi connectivity index (χ4v) is 3.52. The molecule has 0 amide bonds. The molecule has 0 aromatic heterocycles. The molecule has 0 aliphatic heterocycles. The highest BCUT2D eigenvalue weighted by Gasteiger charge is 2.43. The van der Waals surface area contributed by atoms with Gasteiger partial charge >= 0.3 is 11.9 Å². The zero-order valence-electron chi connectivity index (χ0n) is 15.5. The summed E-state index contributed by atoms with van der Waals surface area (Å²) < 4.78 is 5.92. The monoisotopic (exact) mass is 326 g/mol. The topological polar surface area (TPSA) is 63.6 Å². The molecule has 23 heavy (non-hydrogen) atoms. The van der Waals surface area contributed by atoms with Crippen molar-refractivity contribution < 1.29 is 19.4 Å². The molecule has 4 heteroatoms. The first-order chi connectivity index (χ1) is 10.5. The van der Waals surface area contributed by atoms with E-state index in [1.807, 2.05) is 13.8 Å². The average molecular weight is 326 g/mol. The average Bonchev–Trinajstić information content (AvgIpc) is 2.42. The highest BCUT2D eigenvalue weighted by Crippen LogP contribution is 2.39. The molecule has 0 heterocycles. The molecule has 1 saturated carbocycles. The minimum atomic E-state index is -0.898. The number of carboxylic acid groups (broad SMARTS) is 1. The summed E-state index contributed by atoms with van der Waals surface area (Å²) in [5.41, 5.74) is -2.10. The molecule has 0 saturated heterocycles. The van der Waals surface area contributed by atoms with Crippen LogP contribution in [0.3, 0.4) is 0 Å². The maximum atomic E-state index is 12.7. The first-order valence-electron chi connectivity index (χ1n) is 9.01. The Kier molecular flexibility index (Phi) is 6.67. The molecule has 1 N–H and O–H groups in total. The van der Waals surface area contributed by atoms with Gasteiger partial charge in [0.05, 0.1) is 10.8 Å². The predicted molar refractivity (Wildman–Crippen MR) is 91.2 cm³/mol. The lowest BCUT2D eigenvalue weighted by Gasteiger charge is -2.37. The van der Waals surface area contributed by atoms with E-state index in [-0.39, 0.29) is 5.97 Å². The van der Waals surface area contributed by atoms with Crippen LogP contribution in [0.5, 0.6) is 0 Å². The Morgan fingerprint density at radius 2 is 1.52 bits per heavy atom. The summed E-state index contributed by atoms with van der Waals surface area (Å²) in [6, 6.07) is 0. The van der Waals surface area contributed by atoms with Crippen LogP contribution in [-0.2, 0) is 14.3 Å². The van der Waals surface area contributed by atoms with Crippen molar-refractivity contribution in [2.24, 2.45) is 10.8 Å². The lowest BCUT2D eigenvalue weighted by molar-refractivity contribution is -0.174. The van der Waals surface area contributed by atoms with Crippen molar-refractivity contribution in [2.45, 2.75) is 98.0 Å². The summed E-state index contributed by atoms with van der Waals surface area (Å²) in [7, 11) is 0. The normalized spacial score (nSPS) is 21.6. The smallest absolute Gasteiger partial charge is 0.312 e. The van der Waals surface area contributed by atoms with E-state index in [0.717, 1.165) is 25.7 Å². The zero-order chi connectivity index (χ0) is 17.7. The second-order valence-electron chi connectivity index (χ2n) is 8.39. The second kappa shape index (κ2) is 7.67. The Labute approximate surface area is 141 Å². The third-order valence-electron chi connectivity index (χ3n) is 5.43. The number of esters is 1. The highest BCUT2D eigenvalue weighted by atomic mass is 16.6. The molecule has 1 fully saturated rings. The Bertz CT molecular complexity index is 419. The molecule has 134 valence electrons. The molecule has 1 atom stereocenters. The Balaban J connectivity index is 2.79. The van der Waals surface area contributed by atoms with E-state index in [2.05, 4.69) is 0 Å². The maximum Gasteiger partial charge on any atom is 0.312 e. The van der Waals surface area contributed by atoms with Gasteiger partial charge in [-0.3, -0.25) is 9.59 Å². The molecule has 0 bridgehead atoms. The van der Waals surface area contributed by atoms with E-state index in [0.29, 0.717) is 12.8 Å². The molecular weight excluding hydrogens is 292 g/mol. The number of carbonyl (C=O) groups excluding carboxylic acids is 1. The first-order valence-corrected chi connectivity index (χ1v) is 9.01. The number of rotatable bonds is 6. The van der Waals surface area contributed by atoms with Crippen LogP contribution in [0.25, 0.3) is 0 Å². The van der Waals surface area contributed by atoms with Crippen molar-refractivity contribution in [3.05, 3.63) is 0 Å². The van der Waals surface area contributed by atoms with Crippen molar-refractivity contribution in [3.8, 4) is 0 Å². The van der Waals surface area contributed by atoms with Crippen LogP contribution in [0.15, 0.2) is 0 Å². The van der Waals surface area contributed by atoms with E-state index in [9.17, 15) is 14.7 Å². The minimum Gasteiger partial charge on any atom is -0.481 e. The van der Waals surface area contributed by atoms with Gasteiger partial charge in [0.15, 0.2) is 0 Å². The molecule has 1 aliphatic carbocycles. The summed E-state index contributed by atoms with van der Waals surface area (Å²) in [6.07, 6.45) is 8.43. The lowest BCUT2D eigenvalue weighted by atomic mass is 9.72. The molecule has 1 rings (SSSR count). The van der Waals surface area contributed by atoms with Gasteiger partial charge in [0, 0.05) is 0 Å². The highest BCUT2D eigenvalue weighted by molar-refractivity contribution is 5.79. The third-order valence-corrected chi connectivity index (χ3v) is 5.43. The molecule has 1 aliphatic rings. The van der Waals surface area contributed by atoms with Gasteiger partial charge in [-0.25, -0.2) is 0 Å². The van der Waals surface area contributed by atoms with Gasteiger partial charge < -0.3 is 9.84 Å². The Morgan fingerprint density at radius 3 is 1.96 bits per heavy atom. The van der Waals surface area contributed by atoms with Crippen molar-refractivity contribution >= 4 is 11.9 Å². The summed E-state index contributed by atoms with van der Waals surface area (Å²) in [5.74, 6) is -1.11. The quantitative estimate of drug-likeness (QED) is 0.701. The number of aliphatic carboxylic acids is 1. The predicted octanol–water partition coefficient (Wildman–Crippen LogP) is 4.95. The first kappa shape index (κ1) is 20.0. The van der Waals surface area contributed by atoms with Gasteiger partial charge in [-0.05, 0) is 66.2 Å². The molecule has 1 unspecified atom stereocenters. The number of ether oxygens (including phenoxy) is 1. The van der Waals surface area contributed by atoms with E-state index < -0.39 is 22.4 Å². The van der Waals surface area contributed by atoms with E-state index in [4.69, 9.17) is 4.74 Å². The van der Waals surface area contributed by atoms with Crippen LogP contribution >= 0.6 is 0 Å². The van der Waals surface area contributed by atoms with Crippen LogP contribution in [0.2, 0.25) is 0 Å². The van der Waals surface area contributed by atoms with Crippen molar-refractivity contribution in [1.82, 2.24) is 0 Å². The summed E-state index contributed by atoms with van der Waals surface area (Å²) in [5, 5.41) is 9.47. The summed E-state index contributed by atoms with van der Waals surface area (Å²) in [4.78, 5) is 24.3. The summed E-state index contributed by atoms with van der Waals surface area (Å²) >= 11 is 0. The minimum absolute atomic E-state index is 0.263. The Hall–Kier alpha value is -1.06. The third kappa shape index (κ3) is 5.50. The molecular formula is C19H34O4. The molecule has 0 aromatic rings. The molecule has 0 radical (unpaired) electrons. The zero-order valence-corrected chi connectivity index (χ0v) is 15.5. The SMILES string of the molecule is CCC(C)(CC(C)(C)C(=O)OC1(C)CCCCCCC1)C(=O)O. The fraction of sp³-hybridized carbons (Fsp3) is 0.895. The maximum absolute atomic E-state index is 12.7. The van der Waals surface area contributed by atoms with E-state index in [1.165, 1.54) is 19.3 Å². The van der Waals surface area contributed by atoms with E-state index in [1.54, 1.807) is 20.8 Å². The summed E-state index contributed by atoms with van der Waals surface area (Å²) in [6.45, 7) is 9.20. The van der Waals surface area contributed by atoms with Gasteiger partial charge in [-0.2, -0.15) is 0 Å². The van der Waals surface area contributed by atoms with Crippen LogP contribution in [-0.4, -0.2) is 22.6 Å². The van der Waals surface area contributed by atoms with Crippen molar-refractivity contribution in [3.63, 3.8) is 0 Å². The van der Waals surface area contributed by atoms with E-state index >= 15 is 0 Å². The molecule has 0 aromatic carbocycles. The van der Waals surface area contributed by atoms with Gasteiger partial charge in [0.2, 0.25) is 0 Å². The number of carboxylic acids is 1. The van der Waals surface area contributed by atoms with Gasteiger partial charge in [-0.1, -0.05) is 26.2 Å². The van der Waals surface area contributed by atoms with Crippen LogP contribution < -0.4 is 0 Å². The number of hydrogen-bond acceptors (Lipinski definition) is 3. The van der Waals surface area contributed by atoms with Crippen molar-refractivity contribution in [1.29, 1.82) is 0 Å². The largest absolute Gasteiger partial charge is 0.481 e. The van der Waals surface area contributed by atoms with Crippen LogP contribution in [0.1, 0.15) is 92.4 Å². The number of hydrogen-bond donors (Lipinski definition) is 1. The fourth-order valence-electron chi connectivity index (χ4n) is 3.52. The van der Waals surface area contributed by atoms with Crippen molar-refractivity contribution in [2.75, 3.05) is 0 Å². The van der Waals surface area contributed by atoms with Gasteiger partial charge in [-0.15, -0.1) is 0 Å². The number of carbonyl (C=O) groups is 2. The standard InChI is InChI=1S/C19H34O4/c1-6-18(4,15(20)21)14-17(2,3)16(22)23-19(5)12-10-8-7-9-11-13-19/h6-14H2,1-5H3,(H,20,21). The van der Waals surface area contributed by atoms with Crippen LogP contribution in [0, 0.1) is 10.8 Å². The van der Waals surface area contributed by atoms with Gasteiger partial charge in [0.25, 0.3) is 0 Å². The second-order valence-corrected chi connectivity index (χ2v) is 8.39. The van der Waals surface area contributed by atoms with Gasteiger partial charge in [0.1, 0.15) is 5.60 Å². The Morgan fingerprint density at radius 1 is 1.04 bits per heavy atom. The molecule has 4 nitrogen and oxygen atoms in total. The lowest BCUT2D eigenvalue weighted by Crippen LogP contribution is -2.42.